The third-order valence-corrected chi connectivity index (χ3v) is 5.36. The number of benzene rings is 1. The number of amides is 1. The third kappa shape index (κ3) is 5.93. The van der Waals surface area contributed by atoms with Gasteiger partial charge in [0.15, 0.2) is 0 Å². The first-order chi connectivity index (χ1) is 10.9. The second-order valence-corrected chi connectivity index (χ2v) is 7.90. The van der Waals surface area contributed by atoms with Crippen molar-refractivity contribution in [1.82, 2.24) is 10.0 Å². The van der Waals surface area contributed by atoms with Crippen LogP contribution in [0.15, 0.2) is 29.2 Å². The van der Waals surface area contributed by atoms with Crippen LogP contribution >= 0.6 is 0 Å². The Morgan fingerprint density at radius 3 is 2.52 bits per heavy atom. The molecule has 4 N–H and O–H groups in total. The first kappa shape index (κ1) is 17.9. The second kappa shape index (κ2) is 7.90. The number of sulfonamides is 1. The van der Waals surface area contributed by atoms with E-state index in [-0.39, 0.29) is 22.8 Å². The van der Waals surface area contributed by atoms with E-state index in [1.54, 1.807) is 24.3 Å². The van der Waals surface area contributed by atoms with Gasteiger partial charge in [0.2, 0.25) is 15.9 Å². The van der Waals surface area contributed by atoms with E-state index in [1.807, 2.05) is 6.92 Å². The van der Waals surface area contributed by atoms with E-state index in [4.69, 9.17) is 5.73 Å². The zero-order valence-corrected chi connectivity index (χ0v) is 14.2. The molecule has 23 heavy (non-hydrogen) atoms. The van der Waals surface area contributed by atoms with Gasteiger partial charge in [-0.25, -0.2) is 13.1 Å². The summed E-state index contributed by atoms with van der Waals surface area (Å²) in [4.78, 5) is 12.0. The highest BCUT2D eigenvalue weighted by molar-refractivity contribution is 7.89. The minimum Gasteiger partial charge on any atom is -0.356 e. The van der Waals surface area contributed by atoms with Gasteiger partial charge < -0.3 is 11.1 Å². The molecular formula is C16H25N3O3S. The molecule has 1 aliphatic rings. The molecule has 0 spiro atoms. The van der Waals surface area contributed by atoms with Gasteiger partial charge in [-0.1, -0.05) is 19.1 Å². The number of carbonyl (C=O) groups is 1. The van der Waals surface area contributed by atoms with E-state index >= 15 is 0 Å². The van der Waals surface area contributed by atoms with Crippen molar-refractivity contribution in [1.29, 1.82) is 0 Å². The lowest BCUT2D eigenvalue weighted by atomic mass is 10.1. The molecule has 1 unspecified atom stereocenters. The number of carbonyl (C=O) groups excluding carboxylic acids is 1. The number of hydrogen-bond acceptors (Lipinski definition) is 4. The fourth-order valence-electron chi connectivity index (χ4n) is 2.04. The molecule has 1 aromatic rings. The van der Waals surface area contributed by atoms with Crippen LogP contribution in [-0.2, 0) is 21.2 Å². The molecular weight excluding hydrogens is 314 g/mol. The summed E-state index contributed by atoms with van der Waals surface area (Å²) in [6, 6.07) is 6.80. The molecule has 0 heterocycles. The highest BCUT2D eigenvalue weighted by Crippen LogP contribution is 2.22. The normalized spacial score (nSPS) is 16.1. The maximum Gasteiger partial charge on any atom is 0.240 e. The third-order valence-electron chi connectivity index (χ3n) is 3.82. The van der Waals surface area contributed by atoms with Crippen molar-refractivity contribution in [2.45, 2.75) is 43.5 Å². The molecule has 1 fully saturated rings. The van der Waals surface area contributed by atoms with Crippen LogP contribution in [0, 0.1) is 5.92 Å². The number of aryl methyl sites for hydroxylation is 1. The van der Waals surface area contributed by atoms with Crippen LogP contribution in [0.3, 0.4) is 0 Å². The minimum atomic E-state index is -3.41. The minimum absolute atomic E-state index is 0.0163. The maximum atomic E-state index is 12.1. The van der Waals surface area contributed by atoms with Gasteiger partial charge in [-0.2, -0.15) is 0 Å². The van der Waals surface area contributed by atoms with E-state index in [0.717, 1.165) is 18.4 Å². The van der Waals surface area contributed by atoms with Crippen LogP contribution in [0.4, 0.5) is 0 Å². The van der Waals surface area contributed by atoms with Crippen molar-refractivity contribution in [3.8, 4) is 0 Å². The summed E-state index contributed by atoms with van der Waals surface area (Å²) in [5, 5.41) is 2.84. The smallest absolute Gasteiger partial charge is 0.240 e. The van der Waals surface area contributed by atoms with Crippen molar-refractivity contribution >= 4 is 15.9 Å². The molecule has 128 valence electrons. The van der Waals surface area contributed by atoms with E-state index in [2.05, 4.69) is 10.0 Å². The quantitative estimate of drug-likeness (QED) is 0.618. The summed E-state index contributed by atoms with van der Waals surface area (Å²) in [5.41, 5.74) is 6.44. The molecule has 1 amide bonds. The Bertz CT molecular complexity index is 624. The molecule has 7 heteroatoms. The summed E-state index contributed by atoms with van der Waals surface area (Å²) in [6.07, 6.45) is 2.79. The van der Waals surface area contributed by atoms with Crippen molar-refractivity contribution in [2.24, 2.45) is 11.7 Å². The Hall–Kier alpha value is -1.44. The molecule has 1 aliphatic carbocycles. The number of nitrogens with two attached hydrogens (primary N) is 1. The molecule has 0 bridgehead atoms. The first-order valence-corrected chi connectivity index (χ1v) is 9.47. The van der Waals surface area contributed by atoms with Crippen LogP contribution in [0.1, 0.15) is 31.7 Å². The van der Waals surface area contributed by atoms with Crippen molar-refractivity contribution < 1.29 is 13.2 Å². The lowest BCUT2D eigenvalue weighted by Crippen LogP contribution is -2.31. The van der Waals surface area contributed by atoms with E-state index in [0.29, 0.717) is 25.9 Å². The maximum absolute atomic E-state index is 12.1. The van der Waals surface area contributed by atoms with Crippen molar-refractivity contribution in [3.05, 3.63) is 29.8 Å². The van der Waals surface area contributed by atoms with E-state index in [9.17, 15) is 13.2 Å². The van der Waals surface area contributed by atoms with Crippen LogP contribution < -0.4 is 15.8 Å². The fourth-order valence-corrected chi connectivity index (χ4v) is 3.35. The van der Waals surface area contributed by atoms with Gasteiger partial charge in [0.1, 0.15) is 0 Å². The zero-order chi connectivity index (χ0) is 16.9. The lowest BCUT2D eigenvalue weighted by molar-refractivity contribution is -0.121. The van der Waals surface area contributed by atoms with Crippen molar-refractivity contribution in [3.63, 3.8) is 0 Å². The molecule has 1 atom stereocenters. The van der Waals surface area contributed by atoms with Gasteiger partial charge in [-0.05, 0) is 49.4 Å². The van der Waals surface area contributed by atoms with E-state index in [1.165, 1.54) is 0 Å². The van der Waals surface area contributed by atoms with E-state index < -0.39 is 10.0 Å². The summed E-state index contributed by atoms with van der Waals surface area (Å²) >= 11 is 0. The summed E-state index contributed by atoms with van der Waals surface area (Å²) in [7, 11) is -3.41. The van der Waals surface area contributed by atoms with Gasteiger partial charge in [0.05, 0.1) is 4.90 Å². The molecule has 1 saturated carbocycles. The number of rotatable bonds is 9. The molecule has 6 nitrogen and oxygen atoms in total. The van der Waals surface area contributed by atoms with Gasteiger partial charge >= 0.3 is 0 Å². The summed E-state index contributed by atoms with van der Waals surface area (Å²) in [6.45, 7) is 3.11. The predicted molar refractivity (Wildman–Crippen MR) is 89.3 cm³/mol. The van der Waals surface area contributed by atoms with Crippen LogP contribution in [0.2, 0.25) is 0 Å². The second-order valence-electron chi connectivity index (χ2n) is 6.18. The molecule has 2 rings (SSSR count). The summed E-state index contributed by atoms with van der Waals surface area (Å²) in [5.74, 6) is 0.250. The molecule has 0 aliphatic heterocycles. The zero-order valence-electron chi connectivity index (χ0n) is 13.4. The highest BCUT2D eigenvalue weighted by Gasteiger charge is 2.27. The van der Waals surface area contributed by atoms with Crippen LogP contribution in [0.25, 0.3) is 0 Å². The van der Waals surface area contributed by atoms with Gasteiger partial charge in [-0.3, -0.25) is 4.79 Å². The average Bonchev–Trinajstić information content (AvgIpc) is 3.34. The number of nitrogens with one attached hydrogen (secondary N) is 2. The Morgan fingerprint density at radius 1 is 1.30 bits per heavy atom. The topological polar surface area (TPSA) is 101 Å². The van der Waals surface area contributed by atoms with Crippen LogP contribution in [0.5, 0.6) is 0 Å². The highest BCUT2D eigenvalue weighted by atomic mass is 32.2. The van der Waals surface area contributed by atoms with Gasteiger partial charge in [0, 0.05) is 19.0 Å². The van der Waals surface area contributed by atoms with Gasteiger partial charge in [0.25, 0.3) is 0 Å². The standard InChI is InChI=1S/C16H25N3O3S/c1-12(10-17)11-18-16(20)9-4-13-2-7-15(8-3-13)23(21,22)19-14-5-6-14/h2-3,7-8,12,14,19H,4-6,9-11,17H2,1H3,(H,18,20). The lowest BCUT2D eigenvalue weighted by Gasteiger charge is -2.10. The average molecular weight is 339 g/mol. The predicted octanol–water partition coefficient (Wildman–Crippen LogP) is 0.771. The Morgan fingerprint density at radius 2 is 1.96 bits per heavy atom. The Labute approximate surface area is 137 Å². The Kier molecular flexibility index (Phi) is 6.15. The monoisotopic (exact) mass is 339 g/mol. The van der Waals surface area contributed by atoms with Crippen molar-refractivity contribution in [2.75, 3.05) is 13.1 Å². The molecule has 1 aromatic carbocycles. The SMILES string of the molecule is CC(CN)CNC(=O)CCc1ccc(S(=O)(=O)NC2CC2)cc1. The molecule has 0 aromatic heterocycles. The Balaban J connectivity index is 1.81. The summed E-state index contributed by atoms with van der Waals surface area (Å²) < 4.78 is 26.8. The largest absolute Gasteiger partial charge is 0.356 e. The molecule has 0 radical (unpaired) electrons. The van der Waals surface area contributed by atoms with Crippen LogP contribution in [-0.4, -0.2) is 33.5 Å². The molecule has 0 saturated heterocycles. The first-order valence-electron chi connectivity index (χ1n) is 7.99. The fraction of sp³-hybridized carbons (Fsp3) is 0.562. The van der Waals surface area contributed by atoms with Gasteiger partial charge in [-0.15, -0.1) is 0 Å². The number of hydrogen-bond donors (Lipinski definition) is 3.